The first-order valence-corrected chi connectivity index (χ1v) is 8.13. The molecule has 28 heavy (non-hydrogen) atoms. The van der Waals surface area contributed by atoms with Crippen LogP contribution in [-0.2, 0) is 6.54 Å². The van der Waals surface area contributed by atoms with Crippen molar-refractivity contribution >= 4 is 17.5 Å². The largest absolute Gasteiger partial charge is 0.496 e. The first-order valence-electron chi connectivity index (χ1n) is 8.13. The van der Waals surface area contributed by atoms with E-state index in [1.807, 2.05) is 18.2 Å². The Morgan fingerprint density at radius 1 is 1.07 bits per heavy atom. The fraction of sp³-hybridized carbons (Fsp3) is 0.105. The van der Waals surface area contributed by atoms with E-state index in [1.54, 1.807) is 13.2 Å². The van der Waals surface area contributed by atoms with Crippen LogP contribution in [-0.4, -0.2) is 23.0 Å². The van der Waals surface area contributed by atoms with Gasteiger partial charge in [-0.05, 0) is 24.3 Å². The summed E-state index contributed by atoms with van der Waals surface area (Å²) in [5.74, 6) is -4.47. The maximum atomic E-state index is 13.7. The lowest BCUT2D eigenvalue weighted by Gasteiger charge is -2.10. The smallest absolute Gasteiger partial charge is 0.274 e. The zero-order valence-corrected chi connectivity index (χ0v) is 14.7. The molecule has 0 saturated heterocycles. The summed E-state index contributed by atoms with van der Waals surface area (Å²) < 4.78 is 45.2. The number of rotatable bonds is 6. The summed E-state index contributed by atoms with van der Waals surface area (Å²) in [6.45, 7) is 0.340. The van der Waals surface area contributed by atoms with Gasteiger partial charge in [-0.2, -0.15) is 0 Å². The number of aromatic nitrogens is 2. The van der Waals surface area contributed by atoms with Crippen LogP contribution in [0.2, 0.25) is 0 Å². The molecule has 2 N–H and O–H groups in total. The number of hydrogen-bond acceptors (Lipinski definition) is 5. The van der Waals surface area contributed by atoms with Crippen molar-refractivity contribution in [3.05, 3.63) is 77.4 Å². The number of nitrogens with one attached hydrogen (secondary N) is 2. The van der Waals surface area contributed by atoms with E-state index in [0.29, 0.717) is 18.4 Å². The van der Waals surface area contributed by atoms with Crippen LogP contribution in [0.3, 0.4) is 0 Å². The maximum absolute atomic E-state index is 13.7. The third-order valence-corrected chi connectivity index (χ3v) is 3.80. The van der Waals surface area contributed by atoms with Crippen molar-refractivity contribution in [3.8, 4) is 5.75 Å². The molecule has 0 radical (unpaired) electrons. The number of carbonyl (C=O) groups is 1. The van der Waals surface area contributed by atoms with Crippen LogP contribution in [0, 0.1) is 17.5 Å². The second kappa shape index (κ2) is 8.38. The zero-order chi connectivity index (χ0) is 20.1. The molecular formula is C19H15F3N4O2. The summed E-state index contributed by atoms with van der Waals surface area (Å²) in [4.78, 5) is 20.3. The van der Waals surface area contributed by atoms with Crippen molar-refractivity contribution in [2.45, 2.75) is 6.54 Å². The summed E-state index contributed by atoms with van der Waals surface area (Å²) in [6.07, 6.45) is 1.34. The number of nitrogens with zero attached hydrogens (tertiary/aromatic N) is 2. The van der Waals surface area contributed by atoms with Crippen LogP contribution in [0.25, 0.3) is 0 Å². The van der Waals surface area contributed by atoms with Gasteiger partial charge < -0.3 is 15.4 Å². The third-order valence-electron chi connectivity index (χ3n) is 3.80. The predicted octanol–water partition coefficient (Wildman–Crippen LogP) is 3.77. The van der Waals surface area contributed by atoms with E-state index in [4.69, 9.17) is 4.74 Å². The molecule has 9 heteroatoms. The van der Waals surface area contributed by atoms with E-state index in [1.165, 1.54) is 12.3 Å². The maximum Gasteiger partial charge on any atom is 0.274 e. The molecule has 0 aliphatic heterocycles. The Balaban J connectivity index is 1.72. The quantitative estimate of drug-likeness (QED) is 0.629. The van der Waals surface area contributed by atoms with E-state index in [-0.39, 0.29) is 11.6 Å². The van der Waals surface area contributed by atoms with Gasteiger partial charge in [-0.25, -0.2) is 23.1 Å². The molecule has 2 aromatic carbocycles. The molecule has 144 valence electrons. The Morgan fingerprint density at radius 3 is 2.64 bits per heavy atom. The molecule has 0 saturated carbocycles. The standard InChI is InChI=1S/C19H15F3N4O2/c1-28-15-5-3-2-4-11(15)10-24-19-23-9-8-14(26-19)18(27)25-13-7-6-12(20)16(21)17(13)22/h2-9H,10H2,1H3,(H,25,27)(H,23,24,26). The van der Waals surface area contributed by atoms with E-state index in [2.05, 4.69) is 20.6 Å². The van der Waals surface area contributed by atoms with Crippen molar-refractivity contribution in [2.24, 2.45) is 0 Å². The molecule has 0 aliphatic carbocycles. The summed E-state index contributed by atoms with van der Waals surface area (Å²) in [5.41, 5.74) is 0.278. The van der Waals surface area contributed by atoms with Gasteiger partial charge in [0.1, 0.15) is 11.4 Å². The first kappa shape index (κ1) is 19.2. The topological polar surface area (TPSA) is 76.1 Å². The molecule has 3 rings (SSSR count). The molecule has 0 aliphatic rings. The molecular weight excluding hydrogens is 373 g/mol. The minimum Gasteiger partial charge on any atom is -0.496 e. The molecule has 3 aromatic rings. The second-order valence-corrected chi connectivity index (χ2v) is 5.61. The SMILES string of the molecule is COc1ccccc1CNc1nccc(C(=O)Nc2ccc(F)c(F)c2F)n1. The highest BCUT2D eigenvalue weighted by molar-refractivity contribution is 6.03. The van der Waals surface area contributed by atoms with Gasteiger partial charge in [-0.15, -0.1) is 0 Å². The van der Waals surface area contributed by atoms with Crippen molar-refractivity contribution < 1.29 is 22.7 Å². The highest BCUT2D eigenvalue weighted by Crippen LogP contribution is 2.21. The zero-order valence-electron chi connectivity index (χ0n) is 14.7. The molecule has 0 spiro atoms. The number of methoxy groups -OCH3 is 1. The van der Waals surface area contributed by atoms with E-state index >= 15 is 0 Å². The lowest BCUT2D eigenvalue weighted by molar-refractivity contribution is 0.102. The number of halogens is 3. The minimum atomic E-state index is -1.67. The van der Waals surface area contributed by atoms with Gasteiger partial charge in [0.25, 0.3) is 5.91 Å². The van der Waals surface area contributed by atoms with Crippen molar-refractivity contribution in [1.29, 1.82) is 0 Å². The van der Waals surface area contributed by atoms with Crippen LogP contribution < -0.4 is 15.4 Å². The van der Waals surface area contributed by atoms with Crippen LogP contribution in [0.15, 0.2) is 48.7 Å². The van der Waals surface area contributed by atoms with Gasteiger partial charge in [0.2, 0.25) is 5.95 Å². The monoisotopic (exact) mass is 388 g/mol. The molecule has 0 fully saturated rings. The molecule has 0 atom stereocenters. The van der Waals surface area contributed by atoms with Crippen LogP contribution in [0.4, 0.5) is 24.8 Å². The Labute approximate surface area is 158 Å². The van der Waals surface area contributed by atoms with Crippen LogP contribution in [0.1, 0.15) is 16.1 Å². The first-order chi connectivity index (χ1) is 13.5. The van der Waals surface area contributed by atoms with Crippen molar-refractivity contribution in [3.63, 3.8) is 0 Å². The van der Waals surface area contributed by atoms with Crippen molar-refractivity contribution in [1.82, 2.24) is 9.97 Å². The van der Waals surface area contributed by atoms with Crippen molar-refractivity contribution in [2.75, 3.05) is 17.7 Å². The van der Waals surface area contributed by atoms with Gasteiger partial charge in [0, 0.05) is 18.3 Å². The Bertz CT molecular complexity index is 1010. The fourth-order valence-corrected chi connectivity index (χ4v) is 2.40. The summed E-state index contributed by atoms with van der Waals surface area (Å²) >= 11 is 0. The molecule has 0 unspecified atom stereocenters. The summed E-state index contributed by atoms with van der Waals surface area (Å²) in [7, 11) is 1.55. The Kier molecular flexibility index (Phi) is 5.73. The van der Waals surface area contributed by atoms with Gasteiger partial charge in [0.15, 0.2) is 17.5 Å². The molecule has 1 aromatic heterocycles. The number of para-hydroxylation sites is 1. The van der Waals surface area contributed by atoms with Crippen LogP contribution in [0.5, 0.6) is 5.75 Å². The predicted molar refractivity (Wildman–Crippen MR) is 96.6 cm³/mol. The van der Waals surface area contributed by atoms with Crippen LogP contribution >= 0.6 is 0 Å². The van der Waals surface area contributed by atoms with E-state index in [0.717, 1.165) is 11.6 Å². The average molecular weight is 388 g/mol. The van der Waals surface area contributed by atoms with Gasteiger partial charge >= 0.3 is 0 Å². The third kappa shape index (κ3) is 4.20. The Morgan fingerprint density at radius 2 is 1.86 bits per heavy atom. The lowest BCUT2D eigenvalue weighted by atomic mass is 10.2. The van der Waals surface area contributed by atoms with E-state index in [9.17, 15) is 18.0 Å². The summed E-state index contributed by atoms with van der Waals surface area (Å²) in [6, 6.07) is 10.3. The number of anilines is 2. The highest BCUT2D eigenvalue weighted by Gasteiger charge is 2.17. The lowest BCUT2D eigenvalue weighted by Crippen LogP contribution is -2.16. The molecule has 0 bridgehead atoms. The van der Waals surface area contributed by atoms with Gasteiger partial charge in [0.05, 0.1) is 12.8 Å². The number of amides is 1. The molecule has 1 amide bonds. The number of carbonyl (C=O) groups excluding carboxylic acids is 1. The second-order valence-electron chi connectivity index (χ2n) is 5.61. The Hall–Kier alpha value is -3.62. The van der Waals surface area contributed by atoms with Gasteiger partial charge in [-0.3, -0.25) is 4.79 Å². The average Bonchev–Trinajstić information content (AvgIpc) is 2.73. The van der Waals surface area contributed by atoms with Gasteiger partial charge in [-0.1, -0.05) is 18.2 Å². The van der Waals surface area contributed by atoms with E-state index < -0.39 is 29.0 Å². The minimum absolute atomic E-state index is 0.0818. The number of hydrogen-bond donors (Lipinski definition) is 2. The highest BCUT2D eigenvalue weighted by atomic mass is 19.2. The number of benzene rings is 2. The fourth-order valence-electron chi connectivity index (χ4n) is 2.40. The molecule has 1 heterocycles. The molecule has 6 nitrogen and oxygen atoms in total. The normalized spacial score (nSPS) is 10.4. The summed E-state index contributed by atoms with van der Waals surface area (Å²) in [5, 5.41) is 5.11. The number of ether oxygens (including phenoxy) is 1.